The highest BCUT2D eigenvalue weighted by molar-refractivity contribution is 5.89. The van der Waals surface area contributed by atoms with Gasteiger partial charge in [0.05, 0.1) is 0 Å². The zero-order valence-electron chi connectivity index (χ0n) is 13.3. The van der Waals surface area contributed by atoms with Gasteiger partial charge in [-0.05, 0) is 57.2 Å². The van der Waals surface area contributed by atoms with Crippen molar-refractivity contribution in [3.8, 4) is 11.5 Å². The molecule has 0 amide bonds. The SMILES string of the molecule is Cc1c(C)c2c(c(C)c1O)CCC(C)(C(=O)C(C)C)O2. The fourth-order valence-electron chi connectivity index (χ4n) is 3.03. The van der Waals surface area contributed by atoms with E-state index in [1.165, 1.54) is 0 Å². The molecule has 0 saturated carbocycles. The third kappa shape index (κ3) is 2.09. The van der Waals surface area contributed by atoms with E-state index in [-0.39, 0.29) is 11.7 Å². The fraction of sp³-hybridized carbons (Fsp3) is 0.588. The average molecular weight is 276 g/mol. The van der Waals surface area contributed by atoms with Crippen LogP contribution in [0.4, 0.5) is 0 Å². The van der Waals surface area contributed by atoms with Crippen molar-refractivity contribution in [2.75, 3.05) is 0 Å². The second-order valence-electron chi connectivity index (χ2n) is 6.38. The lowest BCUT2D eigenvalue weighted by Crippen LogP contribution is -2.46. The van der Waals surface area contributed by atoms with E-state index in [1.807, 2.05) is 41.5 Å². The number of Topliss-reactive ketones (excluding diaryl/α,β-unsaturated/α-hetero) is 1. The number of benzene rings is 1. The Bertz CT molecular complexity index is 572. The van der Waals surface area contributed by atoms with E-state index in [4.69, 9.17) is 4.74 Å². The second kappa shape index (κ2) is 4.80. The first-order chi connectivity index (χ1) is 9.19. The lowest BCUT2D eigenvalue weighted by atomic mass is 9.82. The summed E-state index contributed by atoms with van der Waals surface area (Å²) < 4.78 is 6.13. The van der Waals surface area contributed by atoms with Gasteiger partial charge >= 0.3 is 0 Å². The maximum Gasteiger partial charge on any atom is 0.178 e. The van der Waals surface area contributed by atoms with E-state index in [0.717, 1.165) is 34.4 Å². The van der Waals surface area contributed by atoms with Gasteiger partial charge < -0.3 is 9.84 Å². The molecule has 1 aliphatic heterocycles. The Morgan fingerprint density at radius 2 is 1.80 bits per heavy atom. The number of carbonyl (C=O) groups is 1. The molecule has 3 nitrogen and oxygen atoms in total. The van der Waals surface area contributed by atoms with Crippen LogP contribution in [-0.2, 0) is 11.2 Å². The molecule has 0 aliphatic carbocycles. The minimum absolute atomic E-state index is 0.0406. The van der Waals surface area contributed by atoms with Crippen LogP contribution in [0.5, 0.6) is 11.5 Å². The standard InChI is InChI=1S/C17H24O3/c1-9(2)16(19)17(6)8-7-13-12(5)14(18)10(3)11(4)15(13)20-17/h9,18H,7-8H2,1-6H3. The summed E-state index contributed by atoms with van der Waals surface area (Å²) in [6.07, 6.45) is 1.44. The quantitative estimate of drug-likeness (QED) is 0.897. The first-order valence-electron chi connectivity index (χ1n) is 7.24. The van der Waals surface area contributed by atoms with Crippen LogP contribution in [0.3, 0.4) is 0 Å². The van der Waals surface area contributed by atoms with Gasteiger partial charge in [-0.2, -0.15) is 0 Å². The Kier molecular flexibility index (Phi) is 3.57. The van der Waals surface area contributed by atoms with Gasteiger partial charge in [-0.3, -0.25) is 4.79 Å². The lowest BCUT2D eigenvalue weighted by molar-refractivity contribution is -0.137. The zero-order chi connectivity index (χ0) is 15.2. The molecule has 3 heteroatoms. The van der Waals surface area contributed by atoms with Crippen LogP contribution in [0.25, 0.3) is 0 Å². The second-order valence-corrected chi connectivity index (χ2v) is 6.38. The molecule has 1 heterocycles. The number of aromatic hydroxyl groups is 1. The summed E-state index contributed by atoms with van der Waals surface area (Å²) in [5, 5.41) is 10.1. The summed E-state index contributed by atoms with van der Waals surface area (Å²) in [6.45, 7) is 11.4. The Morgan fingerprint density at radius 1 is 1.20 bits per heavy atom. The van der Waals surface area contributed by atoms with Gasteiger partial charge in [0, 0.05) is 11.5 Å². The number of ether oxygens (including phenoxy) is 1. The normalized spacial score (nSPS) is 21.6. The van der Waals surface area contributed by atoms with Crippen LogP contribution in [0.15, 0.2) is 0 Å². The molecule has 0 fully saturated rings. The van der Waals surface area contributed by atoms with Gasteiger partial charge in [0.25, 0.3) is 0 Å². The number of fused-ring (bicyclic) bond motifs is 1. The first kappa shape index (κ1) is 14.9. The number of phenols is 1. The summed E-state index contributed by atoms with van der Waals surface area (Å²) in [4.78, 5) is 12.4. The van der Waals surface area contributed by atoms with Crippen LogP contribution in [0, 0.1) is 26.7 Å². The monoisotopic (exact) mass is 276 g/mol. The number of rotatable bonds is 2. The zero-order valence-corrected chi connectivity index (χ0v) is 13.3. The Morgan fingerprint density at radius 3 is 2.35 bits per heavy atom. The van der Waals surface area contributed by atoms with Crippen molar-refractivity contribution < 1.29 is 14.6 Å². The molecular weight excluding hydrogens is 252 g/mol. The summed E-state index contributed by atoms with van der Waals surface area (Å²) in [5.74, 6) is 1.25. The Hall–Kier alpha value is -1.51. The van der Waals surface area contributed by atoms with Gasteiger partial charge in [0.15, 0.2) is 11.4 Å². The number of carbonyl (C=O) groups excluding carboxylic acids is 1. The van der Waals surface area contributed by atoms with E-state index < -0.39 is 5.60 Å². The molecule has 110 valence electrons. The van der Waals surface area contributed by atoms with Crippen molar-refractivity contribution in [3.05, 3.63) is 22.3 Å². The molecule has 2 rings (SSSR count). The molecule has 0 aromatic heterocycles. The Balaban J connectivity index is 2.53. The minimum atomic E-state index is -0.748. The van der Waals surface area contributed by atoms with Crippen LogP contribution >= 0.6 is 0 Å². The molecule has 0 bridgehead atoms. The molecule has 1 aromatic rings. The molecule has 1 unspecified atom stereocenters. The van der Waals surface area contributed by atoms with Crippen molar-refractivity contribution in [1.29, 1.82) is 0 Å². The molecule has 0 radical (unpaired) electrons. The smallest absolute Gasteiger partial charge is 0.178 e. The number of ketones is 1. The van der Waals surface area contributed by atoms with Gasteiger partial charge in [-0.15, -0.1) is 0 Å². The molecule has 0 saturated heterocycles. The van der Waals surface area contributed by atoms with E-state index in [0.29, 0.717) is 12.2 Å². The minimum Gasteiger partial charge on any atom is -0.507 e. The number of hydrogen-bond donors (Lipinski definition) is 1. The molecule has 20 heavy (non-hydrogen) atoms. The van der Waals surface area contributed by atoms with E-state index in [9.17, 15) is 9.90 Å². The van der Waals surface area contributed by atoms with E-state index >= 15 is 0 Å². The topological polar surface area (TPSA) is 46.5 Å². The lowest BCUT2D eigenvalue weighted by Gasteiger charge is -2.37. The van der Waals surface area contributed by atoms with Crippen molar-refractivity contribution >= 4 is 5.78 Å². The Labute approximate surface area is 121 Å². The highest BCUT2D eigenvalue weighted by Crippen LogP contribution is 2.43. The molecule has 1 N–H and O–H groups in total. The summed E-state index contributed by atoms with van der Waals surface area (Å²) in [5.41, 5.74) is 2.94. The van der Waals surface area contributed by atoms with Crippen LogP contribution < -0.4 is 4.74 Å². The van der Waals surface area contributed by atoms with Crippen molar-refractivity contribution in [2.45, 2.75) is 60.0 Å². The first-order valence-corrected chi connectivity index (χ1v) is 7.24. The van der Waals surface area contributed by atoms with Crippen LogP contribution in [0.1, 0.15) is 49.4 Å². The maximum atomic E-state index is 12.4. The number of hydrogen-bond acceptors (Lipinski definition) is 3. The van der Waals surface area contributed by atoms with Gasteiger partial charge in [-0.25, -0.2) is 0 Å². The van der Waals surface area contributed by atoms with Crippen molar-refractivity contribution in [2.24, 2.45) is 5.92 Å². The summed E-state index contributed by atoms with van der Waals surface area (Å²) in [6, 6.07) is 0. The summed E-state index contributed by atoms with van der Waals surface area (Å²) >= 11 is 0. The highest BCUT2D eigenvalue weighted by atomic mass is 16.5. The van der Waals surface area contributed by atoms with Gasteiger partial charge in [-0.1, -0.05) is 13.8 Å². The van der Waals surface area contributed by atoms with Crippen molar-refractivity contribution in [3.63, 3.8) is 0 Å². The third-order valence-electron chi connectivity index (χ3n) is 4.57. The third-order valence-corrected chi connectivity index (χ3v) is 4.57. The van der Waals surface area contributed by atoms with E-state index in [2.05, 4.69) is 0 Å². The molecule has 1 atom stereocenters. The van der Waals surface area contributed by atoms with Gasteiger partial charge in [0.2, 0.25) is 0 Å². The van der Waals surface area contributed by atoms with Crippen molar-refractivity contribution in [1.82, 2.24) is 0 Å². The van der Waals surface area contributed by atoms with Crippen LogP contribution in [0.2, 0.25) is 0 Å². The average Bonchev–Trinajstić information content (AvgIpc) is 2.41. The van der Waals surface area contributed by atoms with Crippen LogP contribution in [-0.4, -0.2) is 16.5 Å². The molecule has 1 aromatic carbocycles. The van der Waals surface area contributed by atoms with Gasteiger partial charge in [0.1, 0.15) is 11.5 Å². The molecular formula is C17H24O3. The largest absolute Gasteiger partial charge is 0.507 e. The fourth-order valence-corrected chi connectivity index (χ4v) is 3.03. The number of phenolic OH excluding ortho intramolecular Hbond substituents is 1. The maximum absolute atomic E-state index is 12.4. The highest BCUT2D eigenvalue weighted by Gasteiger charge is 2.41. The predicted octanol–water partition coefficient (Wildman–Crippen LogP) is 3.63. The molecule has 1 aliphatic rings. The predicted molar refractivity (Wildman–Crippen MR) is 79.5 cm³/mol. The summed E-state index contributed by atoms with van der Waals surface area (Å²) in [7, 11) is 0. The van der Waals surface area contributed by atoms with E-state index in [1.54, 1.807) is 0 Å². The molecule has 0 spiro atoms.